The van der Waals surface area contributed by atoms with E-state index in [1.807, 2.05) is 13.8 Å². The van der Waals surface area contributed by atoms with Crippen LogP contribution < -0.4 is 0 Å². The lowest BCUT2D eigenvalue weighted by molar-refractivity contribution is -0.171. The van der Waals surface area contributed by atoms with Crippen molar-refractivity contribution in [3.8, 4) is 0 Å². The van der Waals surface area contributed by atoms with Crippen LogP contribution in [-0.2, 0) is 19.1 Å². The Morgan fingerprint density at radius 1 is 1.22 bits per heavy atom. The molecule has 2 fully saturated rings. The SMILES string of the molecule is CCC(C)(CCN1C(=O)C2C3C=CC(C3)C2C1=O)OC(=O)C(C)C(C)(C)O. The van der Waals surface area contributed by atoms with Gasteiger partial charge in [0.2, 0.25) is 11.8 Å². The van der Waals surface area contributed by atoms with E-state index in [-0.39, 0.29) is 42.0 Å². The number of esters is 1. The summed E-state index contributed by atoms with van der Waals surface area (Å²) in [6, 6.07) is 0. The Morgan fingerprint density at radius 2 is 1.74 bits per heavy atom. The van der Waals surface area contributed by atoms with E-state index in [1.54, 1.807) is 20.8 Å². The highest BCUT2D eigenvalue weighted by atomic mass is 16.6. The number of allylic oxidation sites excluding steroid dienone is 2. The Labute approximate surface area is 160 Å². The number of aliphatic hydroxyl groups is 1. The molecule has 150 valence electrons. The molecule has 1 saturated heterocycles. The molecule has 3 aliphatic rings. The van der Waals surface area contributed by atoms with E-state index in [0.717, 1.165) is 6.42 Å². The maximum atomic E-state index is 12.8. The normalized spacial score (nSPS) is 32.6. The third kappa shape index (κ3) is 3.44. The Hall–Kier alpha value is -1.69. The van der Waals surface area contributed by atoms with Crippen LogP contribution in [0.2, 0.25) is 0 Å². The van der Waals surface area contributed by atoms with E-state index >= 15 is 0 Å². The highest BCUT2D eigenvalue weighted by Gasteiger charge is 2.59. The molecule has 0 aromatic rings. The van der Waals surface area contributed by atoms with Crippen molar-refractivity contribution in [3.63, 3.8) is 0 Å². The lowest BCUT2D eigenvalue weighted by Crippen LogP contribution is -2.43. The summed E-state index contributed by atoms with van der Waals surface area (Å²) in [5.41, 5.74) is -1.96. The fourth-order valence-corrected chi connectivity index (χ4v) is 4.45. The van der Waals surface area contributed by atoms with Crippen molar-refractivity contribution in [2.75, 3.05) is 6.54 Å². The number of imide groups is 1. The first kappa shape index (κ1) is 20.1. The van der Waals surface area contributed by atoms with Crippen LogP contribution in [-0.4, -0.2) is 45.5 Å². The molecule has 6 unspecified atom stereocenters. The highest BCUT2D eigenvalue weighted by Crippen LogP contribution is 2.52. The molecule has 6 nitrogen and oxygen atoms in total. The summed E-state index contributed by atoms with van der Waals surface area (Å²) in [7, 11) is 0. The first-order valence-electron chi connectivity index (χ1n) is 9.97. The Bertz CT molecular complexity index is 649. The molecule has 6 atom stereocenters. The van der Waals surface area contributed by atoms with E-state index in [4.69, 9.17) is 4.74 Å². The number of amides is 2. The summed E-state index contributed by atoms with van der Waals surface area (Å²) in [6.07, 6.45) is 6.04. The van der Waals surface area contributed by atoms with Crippen molar-refractivity contribution in [1.29, 1.82) is 0 Å². The second kappa shape index (κ2) is 6.73. The fraction of sp³-hybridized carbons (Fsp3) is 0.762. The van der Waals surface area contributed by atoms with Gasteiger partial charge in [0.25, 0.3) is 0 Å². The van der Waals surface area contributed by atoms with E-state index in [1.165, 1.54) is 4.90 Å². The predicted octanol–water partition coefficient (Wildman–Crippen LogP) is 2.30. The van der Waals surface area contributed by atoms with Gasteiger partial charge in [-0.25, -0.2) is 0 Å². The number of ether oxygens (including phenoxy) is 1. The molecule has 0 aromatic heterocycles. The number of carbonyl (C=O) groups excluding carboxylic acids is 3. The molecule has 27 heavy (non-hydrogen) atoms. The molecular weight excluding hydrogens is 346 g/mol. The Kier molecular flexibility index (Phi) is 5.00. The third-order valence-electron chi connectivity index (χ3n) is 6.93. The number of nitrogens with zero attached hydrogens (tertiary/aromatic N) is 1. The molecular formula is C21H31NO5. The lowest BCUT2D eigenvalue weighted by atomic mass is 9.85. The van der Waals surface area contributed by atoms with E-state index in [0.29, 0.717) is 12.8 Å². The summed E-state index contributed by atoms with van der Waals surface area (Å²) in [4.78, 5) is 39.4. The van der Waals surface area contributed by atoms with Gasteiger partial charge in [-0.05, 0) is 52.4 Å². The van der Waals surface area contributed by atoms with Crippen LogP contribution in [0.25, 0.3) is 0 Å². The molecule has 1 heterocycles. The Morgan fingerprint density at radius 3 is 2.19 bits per heavy atom. The summed E-state index contributed by atoms with van der Waals surface area (Å²) in [5, 5.41) is 10.0. The van der Waals surface area contributed by atoms with Crippen LogP contribution >= 0.6 is 0 Å². The average molecular weight is 377 g/mol. The monoisotopic (exact) mass is 377 g/mol. The molecule has 2 bridgehead atoms. The van der Waals surface area contributed by atoms with Gasteiger partial charge in [-0.3, -0.25) is 19.3 Å². The topological polar surface area (TPSA) is 83.9 Å². The number of likely N-dealkylation sites (tertiary alicyclic amines) is 1. The zero-order valence-corrected chi connectivity index (χ0v) is 16.9. The van der Waals surface area contributed by atoms with Crippen molar-refractivity contribution in [2.45, 2.75) is 65.1 Å². The fourth-order valence-electron chi connectivity index (χ4n) is 4.45. The summed E-state index contributed by atoms with van der Waals surface area (Å²) >= 11 is 0. The molecule has 2 amide bonds. The molecule has 3 rings (SSSR count). The predicted molar refractivity (Wildman–Crippen MR) is 99.3 cm³/mol. The summed E-state index contributed by atoms with van der Waals surface area (Å²) < 4.78 is 5.69. The smallest absolute Gasteiger partial charge is 0.312 e. The largest absolute Gasteiger partial charge is 0.459 e. The van der Waals surface area contributed by atoms with Crippen molar-refractivity contribution in [1.82, 2.24) is 4.90 Å². The van der Waals surface area contributed by atoms with Gasteiger partial charge in [-0.15, -0.1) is 0 Å². The molecule has 1 saturated carbocycles. The molecule has 1 aliphatic heterocycles. The molecule has 1 N–H and O–H groups in total. The first-order valence-corrected chi connectivity index (χ1v) is 9.97. The molecule has 0 aromatic carbocycles. The second-order valence-electron chi connectivity index (χ2n) is 9.18. The lowest BCUT2D eigenvalue weighted by Gasteiger charge is -2.33. The van der Waals surface area contributed by atoms with Gasteiger partial charge in [-0.1, -0.05) is 19.1 Å². The molecule has 0 radical (unpaired) electrons. The van der Waals surface area contributed by atoms with E-state index in [2.05, 4.69) is 12.2 Å². The van der Waals surface area contributed by atoms with E-state index < -0.39 is 23.1 Å². The molecule has 0 spiro atoms. The number of fused-ring (bicyclic) bond motifs is 5. The maximum absolute atomic E-state index is 12.8. The van der Waals surface area contributed by atoms with Crippen LogP contribution in [0.5, 0.6) is 0 Å². The van der Waals surface area contributed by atoms with Crippen LogP contribution in [0.3, 0.4) is 0 Å². The molecule has 2 aliphatic carbocycles. The van der Waals surface area contributed by atoms with Gasteiger partial charge in [0.15, 0.2) is 0 Å². The zero-order chi connectivity index (χ0) is 20.1. The van der Waals surface area contributed by atoms with Gasteiger partial charge in [0.05, 0.1) is 23.4 Å². The number of rotatable bonds is 7. The summed E-state index contributed by atoms with van der Waals surface area (Å²) in [6.45, 7) is 8.78. The van der Waals surface area contributed by atoms with Gasteiger partial charge in [0.1, 0.15) is 5.60 Å². The minimum Gasteiger partial charge on any atom is -0.459 e. The zero-order valence-electron chi connectivity index (χ0n) is 16.9. The van der Waals surface area contributed by atoms with Crippen LogP contribution in [0.4, 0.5) is 0 Å². The highest BCUT2D eigenvalue weighted by molar-refractivity contribution is 6.06. The second-order valence-corrected chi connectivity index (χ2v) is 9.18. The van der Waals surface area contributed by atoms with Crippen molar-refractivity contribution in [3.05, 3.63) is 12.2 Å². The standard InChI is InChI=1S/C21H31NO5/c1-6-21(5,27-19(25)12(2)20(3,4)26)9-10-22-17(23)15-13-7-8-14(11-13)16(15)18(22)24/h7-8,12-16,26H,6,9-11H2,1-5H3. The number of carbonyl (C=O) groups is 3. The minimum absolute atomic E-state index is 0.0727. The van der Waals surface area contributed by atoms with Crippen LogP contribution in [0, 0.1) is 29.6 Å². The number of hydrogen-bond acceptors (Lipinski definition) is 5. The third-order valence-corrected chi connectivity index (χ3v) is 6.93. The van der Waals surface area contributed by atoms with E-state index in [9.17, 15) is 19.5 Å². The van der Waals surface area contributed by atoms with Gasteiger partial charge in [-0.2, -0.15) is 0 Å². The maximum Gasteiger partial charge on any atom is 0.312 e. The average Bonchev–Trinajstić information content (AvgIpc) is 3.26. The number of hydrogen-bond donors (Lipinski definition) is 1. The van der Waals surface area contributed by atoms with Crippen molar-refractivity contribution < 1.29 is 24.2 Å². The van der Waals surface area contributed by atoms with Gasteiger partial charge >= 0.3 is 5.97 Å². The van der Waals surface area contributed by atoms with Crippen molar-refractivity contribution in [2.24, 2.45) is 29.6 Å². The van der Waals surface area contributed by atoms with Crippen LogP contribution in [0.1, 0.15) is 53.9 Å². The Balaban J connectivity index is 1.63. The summed E-state index contributed by atoms with van der Waals surface area (Å²) in [5.74, 6) is -1.28. The quantitative estimate of drug-likeness (QED) is 0.418. The minimum atomic E-state index is -1.17. The first-order chi connectivity index (χ1) is 12.5. The van der Waals surface area contributed by atoms with Crippen molar-refractivity contribution >= 4 is 17.8 Å². The van der Waals surface area contributed by atoms with Crippen LogP contribution in [0.15, 0.2) is 12.2 Å². The van der Waals surface area contributed by atoms with Gasteiger partial charge in [0, 0.05) is 13.0 Å². The van der Waals surface area contributed by atoms with Gasteiger partial charge < -0.3 is 9.84 Å². The molecule has 6 heteroatoms.